The fourth-order valence-corrected chi connectivity index (χ4v) is 4.80. The fraction of sp³-hybridized carbons (Fsp3) is 0.458. The summed E-state index contributed by atoms with van der Waals surface area (Å²) >= 11 is 0. The zero-order valence-electron chi connectivity index (χ0n) is 17.5. The number of piperidine rings is 1. The number of nitro groups is 1. The molecule has 2 aromatic rings. The lowest BCUT2D eigenvalue weighted by Gasteiger charge is -2.32. The van der Waals surface area contributed by atoms with Crippen molar-refractivity contribution in [3.8, 4) is 0 Å². The standard InChI is InChI=1S/C24H29N3O3/c1-18-12-16-26(17-13-18)21-10-6-20(7-11-21)25-23(28)24(14-2-3-15-24)19-4-8-22(9-5-19)27(29)30/h4-11,18H,2-3,12-17H2,1H3,(H,25,28). The van der Waals surface area contributed by atoms with Crippen LogP contribution in [-0.4, -0.2) is 23.9 Å². The van der Waals surface area contributed by atoms with Crippen molar-refractivity contribution in [1.82, 2.24) is 0 Å². The predicted octanol–water partition coefficient (Wildman–Crippen LogP) is 5.28. The van der Waals surface area contributed by atoms with Crippen LogP contribution in [0.25, 0.3) is 0 Å². The first-order valence-corrected chi connectivity index (χ1v) is 10.9. The molecule has 0 radical (unpaired) electrons. The molecular formula is C24H29N3O3. The minimum absolute atomic E-state index is 0.0200. The van der Waals surface area contributed by atoms with Gasteiger partial charge >= 0.3 is 0 Å². The summed E-state index contributed by atoms with van der Waals surface area (Å²) < 4.78 is 0. The second-order valence-corrected chi connectivity index (χ2v) is 8.76. The minimum Gasteiger partial charge on any atom is -0.372 e. The van der Waals surface area contributed by atoms with Crippen LogP contribution in [0.2, 0.25) is 0 Å². The van der Waals surface area contributed by atoms with Gasteiger partial charge in [0, 0.05) is 36.6 Å². The van der Waals surface area contributed by atoms with Gasteiger partial charge in [0.2, 0.25) is 5.91 Å². The number of rotatable bonds is 5. The van der Waals surface area contributed by atoms with Crippen molar-refractivity contribution in [3.05, 3.63) is 64.2 Å². The Labute approximate surface area is 177 Å². The highest BCUT2D eigenvalue weighted by molar-refractivity contribution is 5.99. The Bertz CT molecular complexity index is 894. The number of hydrogen-bond acceptors (Lipinski definition) is 4. The van der Waals surface area contributed by atoms with Crippen molar-refractivity contribution in [2.75, 3.05) is 23.3 Å². The molecule has 6 heteroatoms. The Balaban J connectivity index is 1.49. The molecule has 0 bridgehead atoms. The first-order chi connectivity index (χ1) is 14.5. The third-order valence-electron chi connectivity index (χ3n) is 6.80. The number of nitrogens with zero attached hydrogens (tertiary/aromatic N) is 2. The molecule has 6 nitrogen and oxygen atoms in total. The molecule has 30 heavy (non-hydrogen) atoms. The van der Waals surface area contributed by atoms with E-state index in [0.717, 1.165) is 55.9 Å². The lowest BCUT2D eigenvalue weighted by atomic mass is 9.78. The van der Waals surface area contributed by atoms with Gasteiger partial charge in [0.25, 0.3) is 5.69 Å². The van der Waals surface area contributed by atoms with E-state index in [2.05, 4.69) is 29.3 Å². The van der Waals surface area contributed by atoms with Crippen molar-refractivity contribution in [1.29, 1.82) is 0 Å². The Morgan fingerprint density at radius 3 is 2.20 bits per heavy atom. The first-order valence-electron chi connectivity index (χ1n) is 10.9. The number of nitrogens with one attached hydrogen (secondary N) is 1. The van der Waals surface area contributed by atoms with Crippen molar-refractivity contribution >= 4 is 23.0 Å². The lowest BCUT2D eigenvalue weighted by Crippen LogP contribution is -2.38. The summed E-state index contributed by atoms with van der Waals surface area (Å²) in [4.78, 5) is 26.3. The summed E-state index contributed by atoms with van der Waals surface area (Å²) in [6, 6.07) is 14.6. The van der Waals surface area contributed by atoms with E-state index < -0.39 is 10.3 Å². The molecular weight excluding hydrogens is 378 g/mol. The van der Waals surface area contributed by atoms with Crippen LogP contribution in [0.4, 0.5) is 17.1 Å². The summed E-state index contributed by atoms with van der Waals surface area (Å²) in [7, 11) is 0. The molecule has 1 aliphatic heterocycles. The van der Waals surface area contributed by atoms with Crippen LogP contribution in [0, 0.1) is 16.0 Å². The van der Waals surface area contributed by atoms with E-state index in [9.17, 15) is 14.9 Å². The van der Waals surface area contributed by atoms with Crippen LogP contribution >= 0.6 is 0 Å². The van der Waals surface area contributed by atoms with Crippen molar-refractivity contribution in [2.45, 2.75) is 50.9 Å². The van der Waals surface area contributed by atoms with E-state index in [1.54, 1.807) is 12.1 Å². The molecule has 2 fully saturated rings. The van der Waals surface area contributed by atoms with E-state index in [-0.39, 0.29) is 11.6 Å². The van der Waals surface area contributed by atoms with E-state index in [1.165, 1.54) is 30.7 Å². The van der Waals surface area contributed by atoms with Crippen LogP contribution in [0.5, 0.6) is 0 Å². The van der Waals surface area contributed by atoms with Crippen molar-refractivity contribution in [2.24, 2.45) is 5.92 Å². The number of hydrogen-bond donors (Lipinski definition) is 1. The van der Waals surface area contributed by atoms with Gasteiger partial charge in [0.15, 0.2) is 0 Å². The zero-order chi connectivity index (χ0) is 21.1. The quantitative estimate of drug-likeness (QED) is 0.540. The smallest absolute Gasteiger partial charge is 0.269 e. The van der Waals surface area contributed by atoms with Gasteiger partial charge in [-0.15, -0.1) is 0 Å². The number of non-ortho nitro benzene ring substituents is 1. The molecule has 0 aromatic heterocycles. The molecule has 1 N–H and O–H groups in total. The summed E-state index contributed by atoms with van der Waals surface area (Å²) in [5, 5.41) is 14.1. The molecule has 4 rings (SSSR count). The Morgan fingerprint density at radius 2 is 1.63 bits per heavy atom. The largest absolute Gasteiger partial charge is 0.372 e. The second kappa shape index (κ2) is 8.46. The average molecular weight is 408 g/mol. The highest BCUT2D eigenvalue weighted by Crippen LogP contribution is 2.42. The van der Waals surface area contributed by atoms with E-state index in [1.807, 2.05) is 12.1 Å². The molecule has 1 saturated carbocycles. The number of carbonyl (C=O) groups is 1. The molecule has 0 unspecified atom stereocenters. The number of nitro benzene ring substituents is 1. The number of benzene rings is 2. The molecule has 0 atom stereocenters. The highest BCUT2D eigenvalue weighted by Gasteiger charge is 2.42. The summed E-state index contributed by atoms with van der Waals surface area (Å²) in [5.41, 5.74) is 2.29. The summed E-state index contributed by atoms with van der Waals surface area (Å²) in [5.74, 6) is 0.773. The monoisotopic (exact) mass is 407 g/mol. The van der Waals surface area contributed by atoms with Gasteiger partial charge in [-0.05, 0) is 61.4 Å². The third-order valence-corrected chi connectivity index (χ3v) is 6.80. The molecule has 1 amide bonds. The van der Waals surface area contributed by atoms with Crippen LogP contribution < -0.4 is 10.2 Å². The van der Waals surface area contributed by atoms with Gasteiger partial charge < -0.3 is 10.2 Å². The average Bonchev–Trinajstić information content (AvgIpc) is 3.26. The Kier molecular flexibility index (Phi) is 5.75. The van der Waals surface area contributed by atoms with Crippen molar-refractivity contribution in [3.63, 3.8) is 0 Å². The Hall–Kier alpha value is -2.89. The van der Waals surface area contributed by atoms with Gasteiger partial charge in [0.1, 0.15) is 0 Å². The van der Waals surface area contributed by atoms with Crippen LogP contribution in [-0.2, 0) is 10.2 Å². The molecule has 1 saturated heterocycles. The molecule has 0 spiro atoms. The topological polar surface area (TPSA) is 75.5 Å². The summed E-state index contributed by atoms with van der Waals surface area (Å²) in [6.45, 7) is 4.46. The number of anilines is 2. The third kappa shape index (κ3) is 4.04. The minimum atomic E-state index is -0.614. The normalized spacial score (nSPS) is 18.9. The van der Waals surface area contributed by atoms with Gasteiger partial charge in [-0.25, -0.2) is 0 Å². The SMILES string of the molecule is CC1CCN(c2ccc(NC(=O)C3(c4ccc([N+](=O)[O-])cc4)CCCC3)cc2)CC1. The number of amides is 1. The zero-order valence-corrected chi connectivity index (χ0v) is 17.5. The van der Waals surface area contributed by atoms with Crippen LogP contribution in [0.3, 0.4) is 0 Å². The predicted molar refractivity (Wildman–Crippen MR) is 119 cm³/mol. The van der Waals surface area contributed by atoms with E-state index >= 15 is 0 Å². The van der Waals surface area contributed by atoms with Crippen LogP contribution in [0.1, 0.15) is 51.0 Å². The first kappa shape index (κ1) is 20.4. The maximum atomic E-state index is 13.3. The van der Waals surface area contributed by atoms with Crippen molar-refractivity contribution < 1.29 is 9.72 Å². The van der Waals surface area contributed by atoms with Gasteiger partial charge in [-0.1, -0.05) is 31.9 Å². The maximum Gasteiger partial charge on any atom is 0.269 e. The molecule has 2 aliphatic rings. The highest BCUT2D eigenvalue weighted by atomic mass is 16.6. The van der Waals surface area contributed by atoms with Gasteiger partial charge in [-0.3, -0.25) is 14.9 Å². The molecule has 2 aromatic carbocycles. The maximum absolute atomic E-state index is 13.3. The lowest BCUT2D eigenvalue weighted by molar-refractivity contribution is -0.384. The fourth-order valence-electron chi connectivity index (χ4n) is 4.80. The summed E-state index contributed by atoms with van der Waals surface area (Å²) in [6.07, 6.45) is 5.93. The number of carbonyl (C=O) groups excluding carboxylic acids is 1. The van der Waals surface area contributed by atoms with Gasteiger partial charge in [-0.2, -0.15) is 0 Å². The molecule has 1 heterocycles. The van der Waals surface area contributed by atoms with Gasteiger partial charge in [0.05, 0.1) is 10.3 Å². The molecule has 1 aliphatic carbocycles. The van der Waals surface area contributed by atoms with Crippen LogP contribution in [0.15, 0.2) is 48.5 Å². The van der Waals surface area contributed by atoms with E-state index in [0.29, 0.717) is 0 Å². The van der Waals surface area contributed by atoms with E-state index in [4.69, 9.17) is 0 Å². The molecule has 158 valence electrons. The second-order valence-electron chi connectivity index (χ2n) is 8.76. The Morgan fingerprint density at radius 1 is 1.03 bits per heavy atom.